The van der Waals surface area contributed by atoms with Crippen LogP contribution in [0.2, 0.25) is 0 Å². The van der Waals surface area contributed by atoms with Crippen molar-refractivity contribution >= 4 is 17.9 Å². The van der Waals surface area contributed by atoms with E-state index in [2.05, 4.69) is 13.8 Å². The molecule has 0 aromatic heterocycles. The minimum Gasteiger partial charge on any atom is -0.463 e. The third-order valence-corrected chi connectivity index (χ3v) is 10.5. The van der Waals surface area contributed by atoms with Gasteiger partial charge in [-0.2, -0.15) is 0 Å². The van der Waals surface area contributed by atoms with Crippen LogP contribution in [0.3, 0.4) is 0 Å². The SMILES string of the molecule is CC(=O)O[C@@H]1CC[C@@]2(C)[C@@H](CC[C@@H]3[C@@H]2CC[C@@]2(C)[C@H]3CC[C@]2(OC(C)=O)[C@@H](C)OC(C)=O)C1. The van der Waals surface area contributed by atoms with E-state index in [-0.39, 0.29) is 34.8 Å². The third-order valence-electron chi connectivity index (χ3n) is 10.5. The molecule has 0 radical (unpaired) electrons. The van der Waals surface area contributed by atoms with Crippen molar-refractivity contribution in [3.05, 3.63) is 0 Å². The highest BCUT2D eigenvalue weighted by Crippen LogP contribution is 2.69. The van der Waals surface area contributed by atoms with Crippen molar-refractivity contribution in [2.45, 2.75) is 117 Å². The zero-order chi connectivity index (χ0) is 24.2. The van der Waals surface area contributed by atoms with Gasteiger partial charge in [0.25, 0.3) is 0 Å². The molecule has 6 heteroatoms. The molecule has 0 aromatic rings. The van der Waals surface area contributed by atoms with Crippen LogP contribution in [-0.4, -0.2) is 35.7 Å². The molecule has 0 N–H and O–H groups in total. The Morgan fingerprint density at radius 2 is 1.52 bits per heavy atom. The van der Waals surface area contributed by atoms with Gasteiger partial charge in [0.15, 0.2) is 5.60 Å². The molecule has 6 nitrogen and oxygen atoms in total. The van der Waals surface area contributed by atoms with Crippen LogP contribution < -0.4 is 0 Å². The Kier molecular flexibility index (Phi) is 6.37. The summed E-state index contributed by atoms with van der Waals surface area (Å²) >= 11 is 0. The van der Waals surface area contributed by atoms with E-state index in [0.29, 0.717) is 23.7 Å². The molecule has 4 saturated carbocycles. The fraction of sp³-hybridized carbons (Fsp3) is 0.889. The van der Waals surface area contributed by atoms with Crippen LogP contribution in [0, 0.1) is 34.5 Å². The van der Waals surface area contributed by atoms with E-state index in [1.54, 1.807) is 0 Å². The summed E-state index contributed by atoms with van der Waals surface area (Å²) < 4.78 is 17.4. The van der Waals surface area contributed by atoms with E-state index in [1.807, 2.05) is 6.92 Å². The van der Waals surface area contributed by atoms with Gasteiger partial charge in [-0.05, 0) is 93.8 Å². The minimum absolute atomic E-state index is 0.0682. The van der Waals surface area contributed by atoms with Gasteiger partial charge in [0, 0.05) is 26.2 Å². The van der Waals surface area contributed by atoms with Crippen molar-refractivity contribution in [3.63, 3.8) is 0 Å². The third kappa shape index (κ3) is 3.89. The van der Waals surface area contributed by atoms with E-state index in [1.165, 1.54) is 33.6 Å². The molecule has 4 aliphatic carbocycles. The lowest BCUT2D eigenvalue weighted by Gasteiger charge is -2.62. The molecule has 0 heterocycles. The highest BCUT2D eigenvalue weighted by Gasteiger charge is 2.68. The van der Waals surface area contributed by atoms with Crippen molar-refractivity contribution in [3.8, 4) is 0 Å². The molecule has 0 spiro atoms. The molecule has 0 amide bonds. The molecule has 186 valence electrons. The number of hydrogen-bond acceptors (Lipinski definition) is 6. The van der Waals surface area contributed by atoms with E-state index < -0.39 is 11.7 Å². The van der Waals surface area contributed by atoms with Crippen LogP contribution in [0.4, 0.5) is 0 Å². The zero-order valence-electron chi connectivity index (χ0n) is 21.3. The number of esters is 3. The number of hydrogen-bond donors (Lipinski definition) is 0. The predicted molar refractivity (Wildman–Crippen MR) is 123 cm³/mol. The van der Waals surface area contributed by atoms with Crippen molar-refractivity contribution in [1.29, 1.82) is 0 Å². The van der Waals surface area contributed by atoms with E-state index >= 15 is 0 Å². The molecule has 0 unspecified atom stereocenters. The highest BCUT2D eigenvalue weighted by atomic mass is 16.6. The average molecular weight is 463 g/mol. The van der Waals surface area contributed by atoms with Gasteiger partial charge in [-0.3, -0.25) is 14.4 Å². The molecule has 0 aromatic carbocycles. The van der Waals surface area contributed by atoms with Gasteiger partial charge in [-0.25, -0.2) is 0 Å². The summed E-state index contributed by atoms with van der Waals surface area (Å²) in [5, 5.41) is 0. The molecule has 0 bridgehead atoms. The van der Waals surface area contributed by atoms with Gasteiger partial charge in [0.05, 0.1) is 0 Å². The highest BCUT2D eigenvalue weighted by molar-refractivity contribution is 5.68. The Bertz CT molecular complexity index is 808. The topological polar surface area (TPSA) is 78.9 Å². The Hall–Kier alpha value is -1.59. The summed E-state index contributed by atoms with van der Waals surface area (Å²) in [6.45, 7) is 11.1. The smallest absolute Gasteiger partial charge is 0.303 e. The summed E-state index contributed by atoms with van der Waals surface area (Å²) in [6, 6.07) is 0. The van der Waals surface area contributed by atoms with E-state index in [9.17, 15) is 14.4 Å². The molecular weight excluding hydrogens is 420 g/mol. The van der Waals surface area contributed by atoms with Crippen molar-refractivity contribution < 1.29 is 28.6 Å². The van der Waals surface area contributed by atoms with E-state index in [4.69, 9.17) is 14.2 Å². The van der Waals surface area contributed by atoms with Gasteiger partial charge in [0.2, 0.25) is 0 Å². The Balaban J connectivity index is 1.59. The molecule has 4 rings (SSSR count). The van der Waals surface area contributed by atoms with Gasteiger partial charge in [-0.1, -0.05) is 13.8 Å². The lowest BCUT2D eigenvalue weighted by Crippen LogP contribution is -2.61. The summed E-state index contributed by atoms with van der Waals surface area (Å²) in [7, 11) is 0. The lowest BCUT2D eigenvalue weighted by atomic mass is 9.44. The van der Waals surface area contributed by atoms with Crippen molar-refractivity contribution in [2.75, 3.05) is 0 Å². The maximum absolute atomic E-state index is 12.2. The first-order valence-corrected chi connectivity index (χ1v) is 13.0. The number of rotatable bonds is 4. The number of carbonyl (C=O) groups is 3. The molecule has 0 aliphatic heterocycles. The second-order valence-corrected chi connectivity index (χ2v) is 11.9. The van der Waals surface area contributed by atoms with Crippen LogP contribution >= 0.6 is 0 Å². The molecule has 4 aliphatic rings. The largest absolute Gasteiger partial charge is 0.463 e. The number of fused-ring (bicyclic) bond motifs is 5. The second kappa shape index (κ2) is 8.57. The monoisotopic (exact) mass is 462 g/mol. The Morgan fingerprint density at radius 3 is 2.15 bits per heavy atom. The first kappa shape index (κ1) is 24.5. The van der Waals surface area contributed by atoms with Gasteiger partial charge < -0.3 is 14.2 Å². The van der Waals surface area contributed by atoms with Gasteiger partial charge in [0.1, 0.15) is 12.2 Å². The van der Waals surface area contributed by atoms with Gasteiger partial charge >= 0.3 is 17.9 Å². The molecule has 9 atom stereocenters. The molecular formula is C27H42O6. The van der Waals surface area contributed by atoms with Crippen LogP contribution in [-0.2, 0) is 28.6 Å². The van der Waals surface area contributed by atoms with Gasteiger partial charge in [-0.15, -0.1) is 0 Å². The fourth-order valence-electron chi connectivity index (χ4n) is 9.11. The van der Waals surface area contributed by atoms with Crippen LogP contribution in [0.15, 0.2) is 0 Å². The fourth-order valence-corrected chi connectivity index (χ4v) is 9.11. The minimum atomic E-state index is -0.759. The Labute approximate surface area is 198 Å². The average Bonchev–Trinajstić information content (AvgIpc) is 3.00. The quantitative estimate of drug-likeness (QED) is 0.421. The molecule has 0 saturated heterocycles. The summed E-state index contributed by atoms with van der Waals surface area (Å²) in [5.74, 6) is 1.51. The summed E-state index contributed by atoms with van der Waals surface area (Å²) in [6.07, 6.45) is 8.85. The van der Waals surface area contributed by atoms with Crippen LogP contribution in [0.25, 0.3) is 0 Å². The maximum atomic E-state index is 12.2. The lowest BCUT2D eigenvalue weighted by molar-refractivity contribution is -0.219. The van der Waals surface area contributed by atoms with Crippen LogP contribution in [0.5, 0.6) is 0 Å². The number of ether oxygens (including phenoxy) is 3. The standard InChI is InChI=1S/C27H42O6/c1-16(31-17(2)28)27(33-19(4)30)14-11-24-22-8-7-20-15-21(32-18(3)29)9-12-25(20,5)23(22)10-13-26(24,27)6/h16,20-24H,7-15H2,1-6H3/t16-,20+,21-,22-,23+,24+,25+,26+,27+/m1/s1. The van der Waals surface area contributed by atoms with Crippen LogP contribution in [0.1, 0.15) is 99.3 Å². The first-order valence-electron chi connectivity index (χ1n) is 13.0. The Morgan fingerprint density at radius 1 is 0.818 bits per heavy atom. The van der Waals surface area contributed by atoms with E-state index in [0.717, 1.165) is 44.9 Å². The second-order valence-electron chi connectivity index (χ2n) is 11.9. The predicted octanol–water partition coefficient (Wildman–Crippen LogP) is 5.21. The van der Waals surface area contributed by atoms with Crippen molar-refractivity contribution in [1.82, 2.24) is 0 Å². The number of carbonyl (C=O) groups excluding carboxylic acids is 3. The first-order chi connectivity index (χ1) is 15.4. The summed E-state index contributed by atoms with van der Waals surface area (Å²) in [5.41, 5.74) is -0.688. The zero-order valence-corrected chi connectivity index (χ0v) is 21.3. The van der Waals surface area contributed by atoms with Crippen molar-refractivity contribution in [2.24, 2.45) is 34.5 Å². The summed E-state index contributed by atoms with van der Waals surface area (Å²) in [4.78, 5) is 35.6. The molecule has 4 fully saturated rings. The molecule has 33 heavy (non-hydrogen) atoms. The normalized spacial score (nSPS) is 45.1. The maximum Gasteiger partial charge on any atom is 0.303 e.